The lowest BCUT2D eigenvalue weighted by atomic mass is 10.0. The van der Waals surface area contributed by atoms with Crippen molar-refractivity contribution >= 4 is 5.91 Å². The van der Waals surface area contributed by atoms with Crippen LogP contribution in [0.15, 0.2) is 36.7 Å². The first kappa shape index (κ1) is 14.8. The summed E-state index contributed by atoms with van der Waals surface area (Å²) in [6, 6.07) is 7.43. The Bertz CT molecular complexity index is 665. The van der Waals surface area contributed by atoms with E-state index < -0.39 is 0 Å². The zero-order chi connectivity index (χ0) is 15.1. The Labute approximate surface area is 124 Å². The highest BCUT2D eigenvalue weighted by Gasteiger charge is 2.09. The number of benzene rings is 1. The van der Waals surface area contributed by atoms with E-state index >= 15 is 0 Å². The molecule has 0 aliphatic heterocycles. The van der Waals surface area contributed by atoms with Crippen LogP contribution in [0.3, 0.4) is 0 Å². The summed E-state index contributed by atoms with van der Waals surface area (Å²) in [5, 5.41) is 6.96. The Morgan fingerprint density at radius 3 is 3.05 bits per heavy atom. The van der Waals surface area contributed by atoms with Crippen molar-refractivity contribution in [1.29, 1.82) is 0 Å². The van der Waals surface area contributed by atoms with Gasteiger partial charge in [0.2, 0.25) is 0 Å². The second kappa shape index (κ2) is 7.27. The molecule has 108 valence electrons. The van der Waals surface area contributed by atoms with Crippen LogP contribution < -0.4 is 11.1 Å². The number of amides is 1. The van der Waals surface area contributed by atoms with Gasteiger partial charge in [-0.05, 0) is 30.7 Å². The zero-order valence-electron chi connectivity index (χ0n) is 12.0. The summed E-state index contributed by atoms with van der Waals surface area (Å²) in [7, 11) is 0. The summed E-state index contributed by atoms with van der Waals surface area (Å²) in [5.41, 5.74) is 7.73. The van der Waals surface area contributed by atoms with Gasteiger partial charge < -0.3 is 11.1 Å². The molecule has 0 bridgehead atoms. The van der Waals surface area contributed by atoms with E-state index in [2.05, 4.69) is 22.3 Å². The lowest BCUT2D eigenvalue weighted by Gasteiger charge is -2.08. The summed E-state index contributed by atoms with van der Waals surface area (Å²) in [4.78, 5) is 12.2. The van der Waals surface area contributed by atoms with Crippen LogP contribution in [-0.2, 0) is 6.54 Å². The van der Waals surface area contributed by atoms with Gasteiger partial charge in [-0.15, -0.1) is 0 Å². The third kappa shape index (κ3) is 4.20. The minimum absolute atomic E-state index is 0.136. The van der Waals surface area contributed by atoms with E-state index in [4.69, 9.17) is 5.73 Å². The van der Waals surface area contributed by atoms with Crippen LogP contribution in [0.25, 0.3) is 0 Å². The molecule has 2 aromatic rings. The molecule has 0 saturated heterocycles. The largest absolute Gasteiger partial charge is 0.350 e. The number of aryl methyl sites for hydroxylation is 1. The maximum absolute atomic E-state index is 12.2. The molecule has 0 radical (unpaired) electrons. The fourth-order valence-electron chi connectivity index (χ4n) is 1.92. The molecular formula is C16H18N4O. The van der Waals surface area contributed by atoms with Gasteiger partial charge in [0.15, 0.2) is 0 Å². The number of nitrogens with two attached hydrogens (primary N) is 1. The fourth-order valence-corrected chi connectivity index (χ4v) is 1.92. The predicted molar refractivity (Wildman–Crippen MR) is 81.7 cm³/mol. The Kier molecular flexibility index (Phi) is 5.13. The molecule has 2 rings (SSSR count). The van der Waals surface area contributed by atoms with Gasteiger partial charge in [0.05, 0.1) is 18.7 Å². The number of carbonyl (C=O) groups excluding carboxylic acids is 1. The van der Waals surface area contributed by atoms with E-state index in [9.17, 15) is 4.79 Å². The first-order chi connectivity index (χ1) is 10.2. The number of nitrogens with one attached hydrogen (secondary N) is 1. The van der Waals surface area contributed by atoms with E-state index in [1.807, 2.05) is 31.3 Å². The van der Waals surface area contributed by atoms with Gasteiger partial charge in [0.25, 0.3) is 5.91 Å². The maximum atomic E-state index is 12.2. The van der Waals surface area contributed by atoms with Crippen molar-refractivity contribution in [2.75, 3.05) is 13.1 Å². The second-order valence-electron chi connectivity index (χ2n) is 4.58. The van der Waals surface area contributed by atoms with Crippen LogP contribution in [0.2, 0.25) is 0 Å². The van der Waals surface area contributed by atoms with E-state index in [1.54, 1.807) is 16.9 Å². The molecule has 0 saturated carbocycles. The van der Waals surface area contributed by atoms with Crippen LogP contribution in [-0.4, -0.2) is 28.8 Å². The van der Waals surface area contributed by atoms with Crippen molar-refractivity contribution in [3.05, 3.63) is 53.3 Å². The van der Waals surface area contributed by atoms with Gasteiger partial charge in [-0.1, -0.05) is 17.9 Å². The monoisotopic (exact) mass is 282 g/mol. The van der Waals surface area contributed by atoms with Gasteiger partial charge >= 0.3 is 0 Å². The topological polar surface area (TPSA) is 72.9 Å². The van der Waals surface area contributed by atoms with Crippen LogP contribution in [0, 0.1) is 18.8 Å². The van der Waals surface area contributed by atoms with E-state index in [0.717, 1.165) is 5.56 Å². The highest BCUT2D eigenvalue weighted by Crippen LogP contribution is 2.10. The molecule has 0 spiro atoms. The fraction of sp³-hybridized carbons (Fsp3) is 0.250. The molecule has 0 unspecified atom stereocenters. The van der Waals surface area contributed by atoms with Crippen LogP contribution >= 0.6 is 0 Å². The molecule has 21 heavy (non-hydrogen) atoms. The maximum Gasteiger partial charge on any atom is 0.252 e. The average molecular weight is 282 g/mol. The molecule has 0 aliphatic carbocycles. The zero-order valence-corrected chi connectivity index (χ0v) is 12.0. The molecule has 1 aromatic carbocycles. The van der Waals surface area contributed by atoms with Crippen molar-refractivity contribution in [2.45, 2.75) is 13.5 Å². The number of hydrogen-bond acceptors (Lipinski definition) is 3. The Morgan fingerprint density at radius 2 is 2.33 bits per heavy atom. The highest BCUT2D eigenvalue weighted by atomic mass is 16.1. The molecule has 1 aromatic heterocycles. The average Bonchev–Trinajstić information content (AvgIpc) is 2.98. The quantitative estimate of drug-likeness (QED) is 0.819. The number of hydrogen-bond donors (Lipinski definition) is 2. The Morgan fingerprint density at radius 1 is 1.48 bits per heavy atom. The molecule has 0 atom stereocenters. The first-order valence-electron chi connectivity index (χ1n) is 6.76. The Hall–Kier alpha value is -2.58. The van der Waals surface area contributed by atoms with E-state index in [1.165, 1.54) is 0 Å². The molecule has 1 amide bonds. The van der Waals surface area contributed by atoms with Crippen molar-refractivity contribution in [3.63, 3.8) is 0 Å². The highest BCUT2D eigenvalue weighted by molar-refractivity contribution is 5.96. The number of carbonyl (C=O) groups is 1. The third-order valence-electron chi connectivity index (χ3n) is 2.93. The number of aromatic nitrogens is 2. The van der Waals surface area contributed by atoms with E-state index in [0.29, 0.717) is 24.2 Å². The van der Waals surface area contributed by atoms with E-state index in [-0.39, 0.29) is 12.5 Å². The summed E-state index contributed by atoms with van der Waals surface area (Å²) in [5.74, 6) is 5.60. The molecule has 0 fully saturated rings. The SMILES string of the molecule is Cc1ccc(C(=O)NCCn2cccn2)c(C#CCN)c1. The van der Waals surface area contributed by atoms with Crippen molar-refractivity contribution < 1.29 is 4.79 Å². The van der Waals surface area contributed by atoms with Gasteiger partial charge in [0, 0.05) is 24.5 Å². The van der Waals surface area contributed by atoms with Crippen molar-refractivity contribution in [1.82, 2.24) is 15.1 Å². The van der Waals surface area contributed by atoms with Crippen molar-refractivity contribution in [3.8, 4) is 11.8 Å². The summed E-state index contributed by atoms with van der Waals surface area (Å²) >= 11 is 0. The van der Waals surface area contributed by atoms with Gasteiger partial charge in [-0.3, -0.25) is 9.48 Å². The predicted octanol–water partition coefficient (Wildman–Crippen LogP) is 0.932. The normalized spacial score (nSPS) is 9.81. The molecule has 5 heteroatoms. The van der Waals surface area contributed by atoms with Crippen LogP contribution in [0.4, 0.5) is 0 Å². The van der Waals surface area contributed by atoms with Crippen LogP contribution in [0.1, 0.15) is 21.5 Å². The molecular weight excluding hydrogens is 264 g/mol. The lowest BCUT2D eigenvalue weighted by Crippen LogP contribution is -2.28. The Balaban J connectivity index is 2.04. The number of rotatable bonds is 4. The molecule has 1 heterocycles. The lowest BCUT2D eigenvalue weighted by molar-refractivity contribution is 0.0951. The summed E-state index contributed by atoms with van der Waals surface area (Å²) in [6.45, 7) is 3.38. The van der Waals surface area contributed by atoms with Gasteiger partial charge in [-0.2, -0.15) is 5.10 Å². The molecule has 0 aliphatic rings. The minimum atomic E-state index is -0.136. The summed E-state index contributed by atoms with van der Waals surface area (Å²) in [6.07, 6.45) is 3.57. The smallest absolute Gasteiger partial charge is 0.252 e. The molecule has 3 N–H and O–H groups in total. The summed E-state index contributed by atoms with van der Waals surface area (Å²) < 4.78 is 1.77. The first-order valence-corrected chi connectivity index (χ1v) is 6.76. The second-order valence-corrected chi connectivity index (χ2v) is 4.58. The van der Waals surface area contributed by atoms with Gasteiger partial charge in [0.1, 0.15) is 0 Å². The molecule has 5 nitrogen and oxygen atoms in total. The third-order valence-corrected chi connectivity index (χ3v) is 2.93. The minimum Gasteiger partial charge on any atom is -0.350 e. The number of nitrogens with zero attached hydrogens (tertiary/aromatic N) is 2. The van der Waals surface area contributed by atoms with Crippen molar-refractivity contribution in [2.24, 2.45) is 5.73 Å². The van der Waals surface area contributed by atoms with Crippen LogP contribution in [0.5, 0.6) is 0 Å². The van der Waals surface area contributed by atoms with Gasteiger partial charge in [-0.25, -0.2) is 0 Å². The standard InChI is InChI=1S/C16H18N4O/c1-13-5-6-15(14(12-13)4-2-7-17)16(21)18-9-11-20-10-3-8-19-20/h3,5-6,8,10,12H,7,9,11,17H2,1H3,(H,18,21).